The Balaban J connectivity index is 2.71. The highest BCUT2D eigenvalue weighted by atomic mass is 35.5. The van der Waals surface area contributed by atoms with Crippen LogP contribution in [0.2, 0.25) is 0 Å². The predicted octanol–water partition coefficient (Wildman–Crippen LogP) is 2.04. The monoisotopic (exact) mass is 225 g/mol. The minimum Gasteiger partial charge on any atom is -0.467 e. The van der Waals surface area contributed by atoms with Gasteiger partial charge in [0.05, 0.1) is 12.8 Å². The maximum atomic E-state index is 11.3. The minimum absolute atomic E-state index is 0.379. The largest absolute Gasteiger partial charge is 0.467 e. The van der Waals surface area contributed by atoms with Gasteiger partial charge in [-0.25, -0.2) is 4.79 Å². The van der Waals surface area contributed by atoms with Crippen molar-refractivity contribution >= 4 is 23.2 Å². The topological polar surface area (TPSA) is 38.7 Å². The number of hydrogen-bond donors (Lipinski definition) is 0. The molecule has 0 unspecified atom stereocenters. The van der Waals surface area contributed by atoms with Crippen molar-refractivity contribution in [2.75, 3.05) is 7.11 Å². The lowest BCUT2D eigenvalue weighted by Gasteiger charge is -2.09. The molecule has 0 radical (unpaired) electrons. The number of methoxy groups -OCH3 is 1. The molecule has 0 N–H and O–H groups in total. The van der Waals surface area contributed by atoms with E-state index in [0.717, 1.165) is 11.2 Å². The van der Waals surface area contributed by atoms with Crippen LogP contribution in [-0.4, -0.2) is 24.8 Å². The number of esters is 1. The number of hydrogen-bond acceptors (Lipinski definition) is 3. The van der Waals surface area contributed by atoms with E-state index < -0.39 is 6.04 Å². The molecule has 4 heteroatoms. The normalized spacial score (nSPS) is 12.7. The first kappa shape index (κ1) is 11.7. The molecule has 0 aliphatic carbocycles. The molecular weight excluding hydrogens is 214 g/mol. The van der Waals surface area contributed by atoms with E-state index in [0.29, 0.717) is 6.42 Å². The fourth-order valence-corrected chi connectivity index (χ4v) is 1.37. The standard InChI is InChI=1S/C11H12ClNO2/c1-15-11(14)10(13-8-12)7-9-5-3-2-4-6-9/h2-6,8,10H,7H2,1H3/t10-/m0/s1. The molecule has 0 aromatic heterocycles. The zero-order chi connectivity index (χ0) is 11.1. The van der Waals surface area contributed by atoms with Crippen LogP contribution in [0, 0.1) is 0 Å². The van der Waals surface area contributed by atoms with E-state index in [2.05, 4.69) is 9.73 Å². The van der Waals surface area contributed by atoms with Gasteiger partial charge in [0.15, 0.2) is 6.04 Å². The summed E-state index contributed by atoms with van der Waals surface area (Å²) in [6, 6.07) is 9.04. The van der Waals surface area contributed by atoms with E-state index in [9.17, 15) is 4.79 Å². The Morgan fingerprint density at radius 2 is 2.20 bits per heavy atom. The van der Waals surface area contributed by atoms with Crippen LogP contribution in [0.4, 0.5) is 0 Å². The molecule has 0 saturated carbocycles. The zero-order valence-electron chi connectivity index (χ0n) is 8.39. The summed E-state index contributed by atoms with van der Waals surface area (Å²) in [5.41, 5.74) is 2.13. The quantitative estimate of drug-likeness (QED) is 0.581. The number of nitrogens with zero attached hydrogens (tertiary/aromatic N) is 1. The van der Waals surface area contributed by atoms with E-state index >= 15 is 0 Å². The molecule has 0 amide bonds. The maximum Gasteiger partial charge on any atom is 0.330 e. The second-order valence-corrected chi connectivity index (χ2v) is 3.17. The first-order chi connectivity index (χ1) is 7.27. The van der Waals surface area contributed by atoms with Gasteiger partial charge in [-0.3, -0.25) is 4.99 Å². The number of benzene rings is 1. The van der Waals surface area contributed by atoms with E-state index in [4.69, 9.17) is 11.6 Å². The lowest BCUT2D eigenvalue weighted by molar-refractivity contribution is -0.142. The van der Waals surface area contributed by atoms with Crippen molar-refractivity contribution in [3.05, 3.63) is 35.9 Å². The zero-order valence-corrected chi connectivity index (χ0v) is 9.15. The summed E-state index contributed by atoms with van der Waals surface area (Å²) in [6.45, 7) is 0. The Kier molecular flexibility index (Phi) is 4.84. The fourth-order valence-electron chi connectivity index (χ4n) is 1.24. The molecule has 15 heavy (non-hydrogen) atoms. The van der Waals surface area contributed by atoms with Crippen molar-refractivity contribution in [1.82, 2.24) is 0 Å². The minimum atomic E-state index is -0.560. The summed E-state index contributed by atoms with van der Waals surface area (Å²) < 4.78 is 4.63. The Hall–Kier alpha value is -1.35. The number of ether oxygens (including phenoxy) is 1. The van der Waals surface area contributed by atoms with Crippen LogP contribution in [0.15, 0.2) is 35.3 Å². The van der Waals surface area contributed by atoms with E-state index in [-0.39, 0.29) is 5.97 Å². The summed E-state index contributed by atoms with van der Waals surface area (Å²) in [7, 11) is 1.34. The third-order valence-electron chi connectivity index (χ3n) is 1.98. The fraction of sp³-hybridized carbons (Fsp3) is 0.273. The number of rotatable bonds is 4. The van der Waals surface area contributed by atoms with E-state index in [1.807, 2.05) is 30.3 Å². The molecule has 1 atom stereocenters. The van der Waals surface area contributed by atoms with Gasteiger partial charge in [-0.05, 0) is 5.56 Å². The molecular formula is C11H12ClNO2. The van der Waals surface area contributed by atoms with Crippen LogP contribution >= 0.6 is 11.6 Å². The van der Waals surface area contributed by atoms with Crippen molar-refractivity contribution in [2.45, 2.75) is 12.5 Å². The Bertz CT molecular complexity index is 338. The Labute approximate surface area is 93.7 Å². The van der Waals surface area contributed by atoms with Crippen molar-refractivity contribution in [2.24, 2.45) is 4.99 Å². The SMILES string of the molecule is COC(=O)[C@H](Cc1ccccc1)N=CCl. The molecule has 80 valence electrons. The van der Waals surface area contributed by atoms with Gasteiger partial charge in [-0.2, -0.15) is 0 Å². The van der Waals surface area contributed by atoms with Gasteiger partial charge in [-0.1, -0.05) is 41.9 Å². The highest BCUT2D eigenvalue weighted by Gasteiger charge is 2.17. The molecule has 0 bridgehead atoms. The lowest BCUT2D eigenvalue weighted by Crippen LogP contribution is -2.22. The van der Waals surface area contributed by atoms with Crippen molar-refractivity contribution in [1.29, 1.82) is 0 Å². The van der Waals surface area contributed by atoms with Crippen LogP contribution in [0.5, 0.6) is 0 Å². The summed E-state index contributed by atoms with van der Waals surface area (Å²) in [6.07, 6.45) is 0.497. The number of carbonyl (C=O) groups is 1. The van der Waals surface area contributed by atoms with Crippen LogP contribution in [0.1, 0.15) is 5.56 Å². The molecule has 1 aromatic rings. The predicted molar refractivity (Wildman–Crippen MR) is 60.3 cm³/mol. The molecule has 0 spiro atoms. The van der Waals surface area contributed by atoms with E-state index in [1.165, 1.54) is 7.11 Å². The van der Waals surface area contributed by atoms with Crippen LogP contribution < -0.4 is 0 Å². The first-order valence-corrected chi connectivity index (χ1v) is 4.95. The summed E-state index contributed by atoms with van der Waals surface area (Å²) in [5, 5.41) is 0. The van der Waals surface area contributed by atoms with Crippen LogP contribution in [-0.2, 0) is 16.0 Å². The van der Waals surface area contributed by atoms with Crippen molar-refractivity contribution in [3.63, 3.8) is 0 Å². The van der Waals surface area contributed by atoms with Gasteiger partial charge in [0.2, 0.25) is 0 Å². The Morgan fingerprint density at radius 3 is 2.73 bits per heavy atom. The van der Waals surface area contributed by atoms with Crippen LogP contribution in [0.25, 0.3) is 0 Å². The van der Waals surface area contributed by atoms with Gasteiger partial charge in [-0.15, -0.1) is 0 Å². The van der Waals surface area contributed by atoms with Crippen molar-refractivity contribution in [3.8, 4) is 0 Å². The first-order valence-electron chi connectivity index (χ1n) is 4.51. The summed E-state index contributed by atoms with van der Waals surface area (Å²) >= 11 is 5.36. The lowest BCUT2D eigenvalue weighted by atomic mass is 10.1. The average Bonchev–Trinajstić information content (AvgIpc) is 2.29. The molecule has 1 aromatic carbocycles. The molecule has 0 aliphatic rings. The van der Waals surface area contributed by atoms with Gasteiger partial charge in [0.25, 0.3) is 0 Å². The Morgan fingerprint density at radius 1 is 1.53 bits per heavy atom. The molecule has 1 rings (SSSR count). The molecule has 0 fully saturated rings. The number of aliphatic imine (C=N–C) groups is 1. The molecule has 0 heterocycles. The van der Waals surface area contributed by atoms with Gasteiger partial charge < -0.3 is 4.74 Å². The van der Waals surface area contributed by atoms with Gasteiger partial charge >= 0.3 is 5.97 Å². The van der Waals surface area contributed by atoms with Gasteiger partial charge in [0.1, 0.15) is 0 Å². The molecule has 3 nitrogen and oxygen atoms in total. The van der Waals surface area contributed by atoms with Crippen molar-refractivity contribution < 1.29 is 9.53 Å². The average molecular weight is 226 g/mol. The second kappa shape index (κ2) is 6.19. The smallest absolute Gasteiger partial charge is 0.330 e. The molecule has 0 aliphatic heterocycles. The third-order valence-corrected chi connectivity index (χ3v) is 2.09. The van der Waals surface area contributed by atoms with Gasteiger partial charge in [0, 0.05) is 6.42 Å². The summed E-state index contributed by atoms with van der Waals surface area (Å²) in [4.78, 5) is 15.2. The second-order valence-electron chi connectivity index (χ2n) is 2.98. The van der Waals surface area contributed by atoms with Crippen LogP contribution in [0.3, 0.4) is 0 Å². The number of halogens is 1. The van der Waals surface area contributed by atoms with E-state index in [1.54, 1.807) is 0 Å². The molecule has 0 saturated heterocycles. The number of carbonyl (C=O) groups excluding carboxylic acids is 1. The maximum absolute atomic E-state index is 11.3. The highest BCUT2D eigenvalue weighted by molar-refractivity contribution is 6.56. The highest BCUT2D eigenvalue weighted by Crippen LogP contribution is 2.07. The summed E-state index contributed by atoms with van der Waals surface area (Å²) in [5.74, 6) is -0.379. The third kappa shape index (κ3) is 3.72.